The molecule has 2 fully saturated rings. The Morgan fingerprint density at radius 3 is 2.22 bits per heavy atom. The van der Waals surface area contributed by atoms with Gasteiger partial charge in [-0.15, -0.1) is 11.3 Å². The van der Waals surface area contributed by atoms with Crippen molar-refractivity contribution in [2.24, 2.45) is 17.8 Å². The summed E-state index contributed by atoms with van der Waals surface area (Å²) in [6.07, 6.45) is 12.2. The number of nitrogens with zero attached hydrogens (tertiary/aromatic N) is 3. The second kappa shape index (κ2) is 14.7. The number of aromatic nitrogens is 2. The van der Waals surface area contributed by atoms with E-state index in [0.717, 1.165) is 47.9 Å². The molecule has 1 unspecified atom stereocenters. The number of allylic oxidation sites excluding steroid dienone is 4. The smallest absolute Gasteiger partial charge is 0.425 e. The molecule has 1 aromatic carbocycles. The Morgan fingerprint density at radius 2 is 1.65 bits per heavy atom. The maximum Gasteiger partial charge on any atom is 0.425 e. The van der Waals surface area contributed by atoms with Crippen molar-refractivity contribution in [2.75, 3.05) is 13.1 Å². The summed E-state index contributed by atoms with van der Waals surface area (Å²) in [4.78, 5) is 47.0. The van der Waals surface area contributed by atoms with Crippen LogP contribution in [-0.4, -0.2) is 56.9 Å². The van der Waals surface area contributed by atoms with Crippen LogP contribution in [0.15, 0.2) is 66.5 Å². The summed E-state index contributed by atoms with van der Waals surface area (Å²) in [5.41, 5.74) is 5.37. The third-order valence-electron chi connectivity index (χ3n) is 10.1. The molecule has 1 saturated heterocycles. The van der Waals surface area contributed by atoms with Gasteiger partial charge in [0.1, 0.15) is 10.9 Å². The van der Waals surface area contributed by atoms with Gasteiger partial charge in [0.25, 0.3) is 5.91 Å². The van der Waals surface area contributed by atoms with Crippen LogP contribution in [0.5, 0.6) is 0 Å². The van der Waals surface area contributed by atoms with Crippen LogP contribution in [0.1, 0.15) is 77.5 Å². The first-order valence-corrected chi connectivity index (χ1v) is 17.5. The minimum absolute atomic E-state index is 0.000337. The first-order chi connectivity index (χ1) is 23.5. The molecule has 2 amide bonds. The average Bonchev–Trinajstić information content (AvgIpc) is 3.60. The molecule has 0 spiro atoms. The summed E-state index contributed by atoms with van der Waals surface area (Å²) < 4.78 is 39.3. The van der Waals surface area contributed by atoms with E-state index < -0.39 is 40.8 Å². The first-order valence-electron chi connectivity index (χ1n) is 16.7. The first kappa shape index (κ1) is 34.5. The minimum Gasteiger partial charge on any atom is -0.481 e. The van der Waals surface area contributed by atoms with Gasteiger partial charge in [0, 0.05) is 43.0 Å². The Bertz CT molecular complexity index is 1730. The maximum atomic E-state index is 13.3. The number of carbonyl (C=O) groups is 3. The molecular weight excluding hydrogens is 653 g/mol. The van der Waals surface area contributed by atoms with Crippen molar-refractivity contribution >= 4 is 34.7 Å². The van der Waals surface area contributed by atoms with Gasteiger partial charge in [-0.1, -0.05) is 42.0 Å². The van der Waals surface area contributed by atoms with Gasteiger partial charge in [0.05, 0.1) is 10.8 Å². The summed E-state index contributed by atoms with van der Waals surface area (Å²) in [7, 11) is 0. The van der Waals surface area contributed by atoms with Gasteiger partial charge in [0.15, 0.2) is 5.82 Å². The van der Waals surface area contributed by atoms with Crippen LogP contribution in [0.4, 0.5) is 13.2 Å². The number of carboxylic acid groups (broad SMARTS) is 1. The zero-order valence-corrected chi connectivity index (χ0v) is 28.0. The Kier molecular flexibility index (Phi) is 10.3. The Balaban J connectivity index is 1.09. The van der Waals surface area contributed by atoms with Gasteiger partial charge in [-0.25, -0.2) is 9.97 Å². The average molecular weight is 693 g/mol. The van der Waals surface area contributed by atoms with E-state index in [0.29, 0.717) is 22.7 Å². The van der Waals surface area contributed by atoms with Crippen LogP contribution < -0.4 is 5.32 Å². The van der Waals surface area contributed by atoms with E-state index >= 15 is 0 Å². The lowest BCUT2D eigenvalue weighted by atomic mass is 9.72. The maximum absolute atomic E-state index is 13.3. The van der Waals surface area contributed by atoms with E-state index in [4.69, 9.17) is 0 Å². The number of benzene rings is 1. The molecule has 2 aromatic heterocycles. The zero-order chi connectivity index (χ0) is 34.7. The Labute approximate surface area is 287 Å². The molecule has 1 saturated carbocycles. The normalized spacial score (nSPS) is 20.6. The molecule has 2 aliphatic carbocycles. The van der Waals surface area contributed by atoms with E-state index in [2.05, 4.69) is 34.4 Å². The second-order valence-electron chi connectivity index (χ2n) is 13.2. The number of aliphatic carboxylic acids is 1. The summed E-state index contributed by atoms with van der Waals surface area (Å²) >= 11 is 0.298. The molecule has 0 bridgehead atoms. The molecule has 3 heterocycles. The third kappa shape index (κ3) is 8.12. The molecule has 49 heavy (non-hydrogen) atoms. The van der Waals surface area contributed by atoms with E-state index in [1.54, 1.807) is 17.7 Å². The van der Waals surface area contributed by atoms with Gasteiger partial charge in [0.2, 0.25) is 5.91 Å². The number of hydrogen-bond donors (Lipinski definition) is 2. The number of carbonyl (C=O) groups excluding carboxylic acids is 2. The quantitative estimate of drug-likeness (QED) is 0.226. The minimum atomic E-state index is -4.59. The fourth-order valence-electron chi connectivity index (χ4n) is 7.06. The Morgan fingerprint density at radius 1 is 0.980 bits per heavy atom. The summed E-state index contributed by atoms with van der Waals surface area (Å²) in [6.45, 7) is 2.14. The highest BCUT2D eigenvalue weighted by Gasteiger charge is 2.39. The molecule has 2 N–H and O–H groups in total. The lowest BCUT2D eigenvalue weighted by molar-refractivity contribution is -0.153. The Hall–Kier alpha value is -4.32. The lowest BCUT2D eigenvalue weighted by Gasteiger charge is -2.38. The topological polar surface area (TPSA) is 112 Å². The molecule has 8 nitrogen and oxygen atoms in total. The number of carboxylic acids is 1. The SMILES string of the molecule is CC=C1CCC(C2CC=C(c3cnc(-c4ccc(C[C@H](NC(=O)c5ccc(C(F)(F)F)s5)C(=O)N5CC(C(=O)O)C5)cc4)nc3)CC2)CC1. The zero-order valence-electron chi connectivity index (χ0n) is 27.2. The molecule has 6 rings (SSSR count). The fraction of sp³-hybridized carbons (Fsp3) is 0.432. The summed E-state index contributed by atoms with van der Waals surface area (Å²) in [5, 5.41) is 11.8. The van der Waals surface area contributed by atoms with Crippen LogP contribution in [-0.2, 0) is 22.2 Å². The lowest BCUT2D eigenvalue weighted by Crippen LogP contribution is -2.59. The number of alkyl halides is 3. The fourth-order valence-corrected chi connectivity index (χ4v) is 7.84. The van der Waals surface area contributed by atoms with Crippen molar-refractivity contribution in [3.8, 4) is 11.4 Å². The van der Waals surface area contributed by atoms with Gasteiger partial charge < -0.3 is 15.3 Å². The molecule has 12 heteroatoms. The highest BCUT2D eigenvalue weighted by molar-refractivity contribution is 7.14. The van der Waals surface area contributed by atoms with Crippen molar-refractivity contribution in [2.45, 2.75) is 70.5 Å². The largest absolute Gasteiger partial charge is 0.481 e. The van der Waals surface area contributed by atoms with Crippen LogP contribution in [0.25, 0.3) is 17.0 Å². The van der Waals surface area contributed by atoms with Gasteiger partial charge >= 0.3 is 12.1 Å². The standard InChI is InChI=1S/C37H39F3N4O4S/c1-2-22-3-7-24(8-4-22)25-11-13-26(14-12-25)28-18-41-33(42-19-28)27-9-5-23(6-10-27)17-30(35(46)44-20-29(21-44)36(47)48)43-34(45)31-15-16-32(49-31)37(38,39)40/h2,5-6,9-10,13,15-16,18-19,24-25,29-30H,3-4,7-8,11-12,14,17,20-21H2,1H3,(H,43,45)(H,47,48)/t24?,25?,30-/m0/s1. The van der Waals surface area contributed by atoms with Crippen LogP contribution in [0.2, 0.25) is 0 Å². The van der Waals surface area contributed by atoms with Crippen LogP contribution >= 0.6 is 11.3 Å². The molecule has 3 aliphatic rings. The van der Waals surface area contributed by atoms with Crippen molar-refractivity contribution < 1.29 is 32.7 Å². The number of nitrogens with one attached hydrogen (secondary N) is 1. The van der Waals surface area contributed by atoms with Crippen molar-refractivity contribution in [3.05, 3.63) is 87.4 Å². The van der Waals surface area contributed by atoms with Gasteiger partial charge in [-0.3, -0.25) is 14.4 Å². The van der Waals surface area contributed by atoms with Crippen molar-refractivity contribution in [1.29, 1.82) is 0 Å². The van der Waals surface area contributed by atoms with Gasteiger partial charge in [-0.05, 0) is 87.0 Å². The summed E-state index contributed by atoms with van der Waals surface area (Å²) in [5.74, 6) is -0.916. The van der Waals surface area contributed by atoms with Crippen LogP contribution in [0.3, 0.4) is 0 Å². The number of halogens is 3. The monoisotopic (exact) mass is 692 g/mol. The molecule has 258 valence electrons. The second-order valence-corrected chi connectivity index (χ2v) is 14.3. The molecule has 1 aliphatic heterocycles. The van der Waals surface area contributed by atoms with Crippen molar-refractivity contribution in [3.63, 3.8) is 0 Å². The van der Waals surface area contributed by atoms with E-state index in [-0.39, 0.29) is 24.4 Å². The molecule has 2 atom stereocenters. The predicted molar refractivity (Wildman–Crippen MR) is 180 cm³/mol. The molecule has 0 radical (unpaired) electrons. The molecular formula is C37H39F3N4O4S. The number of thiophene rings is 1. The van der Waals surface area contributed by atoms with E-state index in [1.807, 2.05) is 24.5 Å². The van der Waals surface area contributed by atoms with Crippen LogP contribution in [0, 0.1) is 17.8 Å². The predicted octanol–water partition coefficient (Wildman–Crippen LogP) is 7.43. The third-order valence-corrected chi connectivity index (χ3v) is 11.3. The molecule has 3 aromatic rings. The highest BCUT2D eigenvalue weighted by Crippen LogP contribution is 2.41. The summed E-state index contributed by atoms with van der Waals surface area (Å²) in [6, 6.07) is 8.02. The highest BCUT2D eigenvalue weighted by atomic mass is 32.1. The van der Waals surface area contributed by atoms with E-state index in [9.17, 15) is 32.7 Å². The number of likely N-dealkylation sites (tertiary alicyclic amines) is 1. The van der Waals surface area contributed by atoms with Crippen molar-refractivity contribution in [1.82, 2.24) is 20.2 Å². The number of hydrogen-bond acceptors (Lipinski definition) is 6. The van der Waals surface area contributed by atoms with E-state index in [1.165, 1.54) is 42.6 Å². The number of amides is 2. The number of rotatable bonds is 9. The van der Waals surface area contributed by atoms with Gasteiger partial charge in [-0.2, -0.15) is 13.2 Å².